The van der Waals surface area contributed by atoms with Crippen molar-refractivity contribution in [3.63, 3.8) is 0 Å². The molecule has 0 bridgehead atoms. The van der Waals surface area contributed by atoms with Gasteiger partial charge in [0.1, 0.15) is 10.6 Å². The zero-order valence-corrected chi connectivity index (χ0v) is 11.6. The summed E-state index contributed by atoms with van der Waals surface area (Å²) in [5.41, 5.74) is 0.740. The minimum atomic E-state index is -0.653. The van der Waals surface area contributed by atoms with Crippen molar-refractivity contribution in [2.24, 2.45) is 0 Å². The Balaban J connectivity index is 2.66. The molecule has 0 heterocycles. The van der Waals surface area contributed by atoms with Crippen molar-refractivity contribution >= 4 is 27.8 Å². The number of hydrogen-bond acceptors (Lipinski definition) is 3. The molecule has 1 N–H and O–H groups in total. The second kappa shape index (κ2) is 6.49. The molecular weight excluding hydrogens is 305 g/mol. The average Bonchev–Trinajstić information content (AvgIpc) is 2.37. The normalized spacial score (nSPS) is 11.8. The number of carbonyl (C=O) groups is 2. The molecular formula is C12H13BrFNO3. The number of esters is 1. The summed E-state index contributed by atoms with van der Waals surface area (Å²) in [5, 5.41) is 2.46. The highest BCUT2D eigenvalue weighted by Crippen LogP contribution is 2.10. The number of rotatable bonds is 4. The summed E-state index contributed by atoms with van der Waals surface area (Å²) in [4.78, 5) is 22.1. The highest BCUT2D eigenvalue weighted by molar-refractivity contribution is 9.10. The number of carbonyl (C=O) groups excluding carboxylic acids is 2. The van der Waals surface area contributed by atoms with E-state index in [2.05, 4.69) is 26.0 Å². The first-order valence-electron chi connectivity index (χ1n) is 5.22. The van der Waals surface area contributed by atoms with Crippen LogP contribution in [0, 0.1) is 12.7 Å². The van der Waals surface area contributed by atoms with Crippen LogP contribution < -0.4 is 5.32 Å². The molecule has 1 rings (SSSR count). The third-order valence-electron chi connectivity index (χ3n) is 2.27. The van der Waals surface area contributed by atoms with E-state index in [1.807, 2.05) is 0 Å². The molecule has 0 aliphatic carbocycles. The van der Waals surface area contributed by atoms with Gasteiger partial charge in [-0.1, -0.05) is 27.6 Å². The number of methoxy groups -OCH3 is 1. The molecule has 98 valence electrons. The standard InChI is InChI=1S/C12H13BrFNO3/c1-7-3-4-10(14)8(5-7)11(16)15-6-9(13)12(17)18-2/h3-5,9H,6H2,1-2H3,(H,15,16). The van der Waals surface area contributed by atoms with E-state index in [4.69, 9.17) is 0 Å². The van der Waals surface area contributed by atoms with Gasteiger partial charge in [-0.25, -0.2) is 4.39 Å². The Morgan fingerprint density at radius 3 is 2.78 bits per heavy atom. The number of nitrogens with one attached hydrogen (secondary N) is 1. The van der Waals surface area contributed by atoms with E-state index in [0.717, 1.165) is 5.56 Å². The van der Waals surface area contributed by atoms with Gasteiger partial charge in [-0.05, 0) is 19.1 Å². The van der Waals surface area contributed by atoms with Crippen molar-refractivity contribution in [2.45, 2.75) is 11.8 Å². The van der Waals surface area contributed by atoms with Gasteiger partial charge in [0.2, 0.25) is 0 Å². The summed E-state index contributed by atoms with van der Waals surface area (Å²) in [6, 6.07) is 4.26. The summed E-state index contributed by atoms with van der Waals surface area (Å²) in [7, 11) is 1.25. The third kappa shape index (κ3) is 3.80. The van der Waals surface area contributed by atoms with Gasteiger partial charge in [-0.2, -0.15) is 0 Å². The van der Waals surface area contributed by atoms with Crippen LogP contribution >= 0.6 is 15.9 Å². The fraction of sp³-hybridized carbons (Fsp3) is 0.333. The summed E-state index contributed by atoms with van der Waals surface area (Å²) in [6.07, 6.45) is 0. The SMILES string of the molecule is COC(=O)C(Br)CNC(=O)c1cc(C)ccc1F. The molecule has 0 saturated heterocycles. The van der Waals surface area contributed by atoms with Gasteiger partial charge < -0.3 is 10.1 Å². The molecule has 0 fully saturated rings. The number of ether oxygens (including phenoxy) is 1. The lowest BCUT2D eigenvalue weighted by Crippen LogP contribution is -2.34. The molecule has 6 heteroatoms. The van der Waals surface area contributed by atoms with Crippen LogP contribution in [0.4, 0.5) is 4.39 Å². The van der Waals surface area contributed by atoms with Gasteiger partial charge in [-0.15, -0.1) is 0 Å². The topological polar surface area (TPSA) is 55.4 Å². The molecule has 0 aromatic heterocycles. The smallest absolute Gasteiger partial charge is 0.321 e. The number of halogens is 2. The van der Waals surface area contributed by atoms with Crippen molar-refractivity contribution in [1.82, 2.24) is 5.32 Å². The van der Waals surface area contributed by atoms with Gasteiger partial charge in [0.25, 0.3) is 5.91 Å². The molecule has 0 spiro atoms. The summed E-state index contributed by atoms with van der Waals surface area (Å²) < 4.78 is 17.9. The van der Waals surface area contributed by atoms with Crippen LogP contribution in [0.5, 0.6) is 0 Å². The zero-order chi connectivity index (χ0) is 13.7. The molecule has 0 saturated carbocycles. The second-order valence-electron chi connectivity index (χ2n) is 3.68. The number of aryl methyl sites for hydroxylation is 1. The van der Waals surface area contributed by atoms with Crippen LogP contribution in [-0.2, 0) is 9.53 Å². The largest absolute Gasteiger partial charge is 0.468 e. The van der Waals surface area contributed by atoms with E-state index in [-0.39, 0.29) is 12.1 Å². The maximum absolute atomic E-state index is 13.4. The molecule has 1 unspecified atom stereocenters. The summed E-state index contributed by atoms with van der Waals surface area (Å²) in [5.74, 6) is -1.66. The van der Waals surface area contributed by atoms with Crippen molar-refractivity contribution in [3.05, 3.63) is 35.1 Å². The van der Waals surface area contributed by atoms with E-state index in [1.165, 1.54) is 19.2 Å². The Labute approximate surface area is 113 Å². The molecule has 1 atom stereocenters. The van der Waals surface area contributed by atoms with Crippen LogP contribution in [0.3, 0.4) is 0 Å². The predicted molar refractivity (Wildman–Crippen MR) is 68.2 cm³/mol. The zero-order valence-electron chi connectivity index (χ0n) is 10.00. The summed E-state index contributed by atoms with van der Waals surface area (Å²) in [6.45, 7) is 1.79. The predicted octanol–water partition coefficient (Wildman–Crippen LogP) is 1.80. The molecule has 18 heavy (non-hydrogen) atoms. The van der Waals surface area contributed by atoms with E-state index in [0.29, 0.717) is 0 Å². The Bertz CT molecular complexity index is 465. The first-order chi connectivity index (χ1) is 8.45. The maximum atomic E-state index is 13.4. The Morgan fingerprint density at radius 2 is 2.17 bits per heavy atom. The molecule has 1 aromatic rings. The lowest BCUT2D eigenvalue weighted by atomic mass is 10.1. The Kier molecular flexibility index (Phi) is 5.27. The number of alkyl halides is 1. The molecule has 0 radical (unpaired) electrons. The van der Waals surface area contributed by atoms with Gasteiger partial charge in [0, 0.05) is 6.54 Å². The van der Waals surface area contributed by atoms with Crippen molar-refractivity contribution in [3.8, 4) is 0 Å². The fourth-order valence-corrected chi connectivity index (χ4v) is 1.65. The monoisotopic (exact) mass is 317 g/mol. The fourth-order valence-electron chi connectivity index (χ4n) is 1.30. The van der Waals surface area contributed by atoms with Crippen LogP contribution in [-0.4, -0.2) is 30.4 Å². The lowest BCUT2D eigenvalue weighted by Gasteiger charge is -2.10. The van der Waals surface area contributed by atoms with Gasteiger partial charge in [-0.3, -0.25) is 9.59 Å². The van der Waals surface area contributed by atoms with Gasteiger partial charge >= 0.3 is 5.97 Å². The number of benzene rings is 1. The van der Waals surface area contributed by atoms with Crippen molar-refractivity contribution in [2.75, 3.05) is 13.7 Å². The molecule has 1 amide bonds. The van der Waals surface area contributed by atoms with Crippen molar-refractivity contribution in [1.29, 1.82) is 0 Å². The van der Waals surface area contributed by atoms with Crippen LogP contribution in [0.1, 0.15) is 15.9 Å². The Morgan fingerprint density at radius 1 is 1.50 bits per heavy atom. The van der Waals surface area contributed by atoms with Crippen LogP contribution in [0.15, 0.2) is 18.2 Å². The van der Waals surface area contributed by atoms with E-state index in [1.54, 1.807) is 13.0 Å². The van der Waals surface area contributed by atoms with Gasteiger partial charge in [0.05, 0.1) is 12.7 Å². The summed E-state index contributed by atoms with van der Waals surface area (Å²) >= 11 is 3.05. The molecule has 0 aliphatic rings. The molecule has 1 aromatic carbocycles. The van der Waals surface area contributed by atoms with E-state index >= 15 is 0 Å². The molecule has 4 nitrogen and oxygen atoms in total. The maximum Gasteiger partial charge on any atom is 0.321 e. The molecule has 0 aliphatic heterocycles. The number of amides is 1. The van der Waals surface area contributed by atoms with Crippen LogP contribution in [0.25, 0.3) is 0 Å². The van der Waals surface area contributed by atoms with Gasteiger partial charge in [0.15, 0.2) is 0 Å². The van der Waals surface area contributed by atoms with Crippen LogP contribution in [0.2, 0.25) is 0 Å². The van der Waals surface area contributed by atoms with E-state index < -0.39 is 22.5 Å². The minimum absolute atomic E-state index is 0.0267. The lowest BCUT2D eigenvalue weighted by molar-refractivity contribution is -0.139. The third-order valence-corrected chi connectivity index (χ3v) is 2.96. The highest BCUT2D eigenvalue weighted by atomic mass is 79.9. The highest BCUT2D eigenvalue weighted by Gasteiger charge is 2.18. The van der Waals surface area contributed by atoms with E-state index in [9.17, 15) is 14.0 Å². The minimum Gasteiger partial charge on any atom is -0.468 e. The van der Waals surface area contributed by atoms with Crippen molar-refractivity contribution < 1.29 is 18.7 Å². The number of hydrogen-bond donors (Lipinski definition) is 1. The Hall–Kier alpha value is -1.43. The second-order valence-corrected chi connectivity index (χ2v) is 4.79. The first kappa shape index (κ1) is 14.6. The quantitative estimate of drug-likeness (QED) is 0.680. The average molecular weight is 318 g/mol. The first-order valence-corrected chi connectivity index (χ1v) is 6.13.